The van der Waals surface area contributed by atoms with Gasteiger partial charge in [-0.15, -0.1) is 0 Å². The maximum absolute atomic E-state index is 9.23. The molecule has 0 amide bonds. The van der Waals surface area contributed by atoms with Crippen LogP contribution in [0.5, 0.6) is 0 Å². The van der Waals surface area contributed by atoms with Crippen molar-refractivity contribution in [3.05, 3.63) is 30.1 Å². The largest absolute Gasteiger partial charge is 0.396 e. The van der Waals surface area contributed by atoms with Crippen molar-refractivity contribution >= 4 is 0 Å². The average Bonchev–Trinajstić information content (AvgIpc) is 2.83. The van der Waals surface area contributed by atoms with Gasteiger partial charge >= 0.3 is 0 Å². The predicted octanol–water partition coefficient (Wildman–Crippen LogP) is 1.62. The fraction of sp³-hybridized carbons (Fsp3) is 0.643. The maximum atomic E-state index is 9.23. The van der Waals surface area contributed by atoms with Crippen molar-refractivity contribution < 1.29 is 5.11 Å². The van der Waals surface area contributed by atoms with E-state index in [1.165, 1.54) is 19.3 Å². The van der Waals surface area contributed by atoms with Gasteiger partial charge in [-0.2, -0.15) is 0 Å². The van der Waals surface area contributed by atoms with Gasteiger partial charge < -0.3 is 10.4 Å². The average molecular weight is 234 g/mol. The summed E-state index contributed by atoms with van der Waals surface area (Å²) < 4.78 is 0. The molecule has 2 atom stereocenters. The van der Waals surface area contributed by atoms with Crippen molar-refractivity contribution in [2.24, 2.45) is 11.8 Å². The molecule has 1 aromatic heterocycles. The Morgan fingerprint density at radius 2 is 2.18 bits per heavy atom. The minimum absolute atomic E-state index is 0.354. The topological polar surface area (TPSA) is 45.1 Å². The van der Waals surface area contributed by atoms with Gasteiger partial charge in [0.25, 0.3) is 0 Å². The first-order chi connectivity index (χ1) is 8.40. The molecule has 3 heteroatoms. The van der Waals surface area contributed by atoms with E-state index in [9.17, 15) is 5.11 Å². The Bertz CT molecular complexity index is 315. The van der Waals surface area contributed by atoms with Gasteiger partial charge in [0, 0.05) is 31.5 Å². The smallest absolute Gasteiger partial charge is 0.0462 e. The third kappa shape index (κ3) is 3.79. The van der Waals surface area contributed by atoms with Gasteiger partial charge in [0.15, 0.2) is 0 Å². The minimum Gasteiger partial charge on any atom is -0.396 e. The monoisotopic (exact) mass is 234 g/mol. The molecular formula is C14H22N2O. The Hall–Kier alpha value is -0.930. The first kappa shape index (κ1) is 12.5. The molecule has 2 N–H and O–H groups in total. The van der Waals surface area contributed by atoms with E-state index in [1.54, 1.807) is 0 Å². The number of aliphatic hydroxyl groups excluding tert-OH is 1. The highest BCUT2D eigenvalue weighted by atomic mass is 16.3. The van der Waals surface area contributed by atoms with Crippen LogP contribution in [0.2, 0.25) is 0 Å². The molecule has 17 heavy (non-hydrogen) atoms. The van der Waals surface area contributed by atoms with Gasteiger partial charge in [0.1, 0.15) is 0 Å². The van der Waals surface area contributed by atoms with Gasteiger partial charge in [-0.25, -0.2) is 0 Å². The third-order valence-corrected chi connectivity index (χ3v) is 3.74. The van der Waals surface area contributed by atoms with Crippen molar-refractivity contribution in [3.8, 4) is 0 Å². The number of rotatable bonds is 6. The lowest BCUT2D eigenvalue weighted by Gasteiger charge is -2.17. The highest BCUT2D eigenvalue weighted by Gasteiger charge is 2.25. The molecule has 0 aliphatic heterocycles. The summed E-state index contributed by atoms with van der Waals surface area (Å²) in [4.78, 5) is 4.30. The fourth-order valence-electron chi connectivity index (χ4n) is 2.67. The lowest BCUT2D eigenvalue weighted by atomic mass is 9.97. The molecule has 1 aliphatic rings. The molecule has 1 heterocycles. The van der Waals surface area contributed by atoms with E-state index in [1.807, 2.05) is 18.3 Å². The summed E-state index contributed by atoms with van der Waals surface area (Å²) in [5.41, 5.74) is 1.14. The van der Waals surface area contributed by atoms with Gasteiger partial charge in [-0.05, 0) is 43.4 Å². The molecule has 0 spiro atoms. The first-order valence-corrected chi connectivity index (χ1v) is 6.61. The molecule has 1 fully saturated rings. The van der Waals surface area contributed by atoms with Crippen molar-refractivity contribution in [3.63, 3.8) is 0 Å². The molecule has 1 aromatic rings. The van der Waals surface area contributed by atoms with Crippen LogP contribution in [0, 0.1) is 11.8 Å². The zero-order valence-corrected chi connectivity index (χ0v) is 10.3. The summed E-state index contributed by atoms with van der Waals surface area (Å²) in [6, 6.07) is 6.04. The summed E-state index contributed by atoms with van der Waals surface area (Å²) in [6.07, 6.45) is 6.56. The van der Waals surface area contributed by atoms with Gasteiger partial charge in [-0.3, -0.25) is 4.98 Å². The van der Waals surface area contributed by atoms with Crippen molar-refractivity contribution in [1.29, 1.82) is 0 Å². The number of hydrogen-bond acceptors (Lipinski definition) is 3. The third-order valence-electron chi connectivity index (χ3n) is 3.74. The number of pyridine rings is 1. The molecular weight excluding hydrogens is 212 g/mol. The highest BCUT2D eigenvalue weighted by Crippen LogP contribution is 2.30. The van der Waals surface area contributed by atoms with E-state index >= 15 is 0 Å². The molecule has 94 valence electrons. The quantitative estimate of drug-likeness (QED) is 0.735. The number of hydrogen-bond donors (Lipinski definition) is 2. The lowest BCUT2D eigenvalue weighted by molar-refractivity contribution is 0.192. The zero-order chi connectivity index (χ0) is 11.9. The minimum atomic E-state index is 0.354. The van der Waals surface area contributed by atoms with Crippen LogP contribution < -0.4 is 5.32 Å². The standard InChI is InChI=1S/C14H22N2O/c17-11-13-5-3-4-12(13)10-15-9-7-14-6-1-2-8-16-14/h1-2,6,8,12-13,15,17H,3-5,7,9-11H2. The highest BCUT2D eigenvalue weighted by molar-refractivity contribution is 5.03. The summed E-state index contributed by atoms with van der Waals surface area (Å²) >= 11 is 0. The molecule has 1 saturated carbocycles. The maximum Gasteiger partial charge on any atom is 0.0462 e. The molecule has 0 saturated heterocycles. The van der Waals surface area contributed by atoms with Gasteiger partial charge in [-0.1, -0.05) is 12.5 Å². The number of nitrogens with zero attached hydrogens (tertiary/aromatic N) is 1. The van der Waals surface area contributed by atoms with Crippen LogP contribution in [0.1, 0.15) is 25.0 Å². The summed E-state index contributed by atoms with van der Waals surface area (Å²) in [5.74, 6) is 1.20. The van der Waals surface area contributed by atoms with Gasteiger partial charge in [0.05, 0.1) is 0 Å². The van der Waals surface area contributed by atoms with Crippen LogP contribution in [0.3, 0.4) is 0 Å². The van der Waals surface area contributed by atoms with Crippen LogP contribution in [-0.2, 0) is 6.42 Å². The second-order valence-corrected chi connectivity index (χ2v) is 4.91. The molecule has 2 unspecified atom stereocenters. The van der Waals surface area contributed by atoms with Gasteiger partial charge in [0.2, 0.25) is 0 Å². The SMILES string of the molecule is OCC1CCCC1CNCCc1ccccn1. The summed E-state index contributed by atoms with van der Waals surface area (Å²) in [7, 11) is 0. The van der Waals surface area contributed by atoms with Crippen molar-refractivity contribution in [1.82, 2.24) is 10.3 Å². The predicted molar refractivity (Wildman–Crippen MR) is 68.7 cm³/mol. The van der Waals surface area contributed by atoms with Crippen LogP contribution in [0.15, 0.2) is 24.4 Å². The molecule has 1 aliphatic carbocycles. The number of nitrogens with one attached hydrogen (secondary N) is 1. The Morgan fingerprint density at radius 1 is 1.29 bits per heavy atom. The fourth-order valence-corrected chi connectivity index (χ4v) is 2.67. The number of aliphatic hydroxyl groups is 1. The Kier molecular flexibility index (Phi) is 4.95. The normalized spacial score (nSPS) is 24.1. The zero-order valence-electron chi connectivity index (χ0n) is 10.3. The van der Waals surface area contributed by atoms with Crippen molar-refractivity contribution in [2.75, 3.05) is 19.7 Å². The Labute approximate surface area is 103 Å². The first-order valence-electron chi connectivity index (χ1n) is 6.61. The Morgan fingerprint density at radius 3 is 2.94 bits per heavy atom. The van der Waals surface area contributed by atoms with Crippen molar-refractivity contribution in [2.45, 2.75) is 25.7 Å². The molecule has 0 aromatic carbocycles. The van der Waals surface area contributed by atoms with Crippen LogP contribution in [0.25, 0.3) is 0 Å². The summed E-state index contributed by atoms with van der Waals surface area (Å²) in [5, 5.41) is 12.7. The molecule has 0 bridgehead atoms. The van der Waals surface area contributed by atoms with E-state index < -0.39 is 0 Å². The van der Waals surface area contributed by atoms with Crippen LogP contribution in [0.4, 0.5) is 0 Å². The van der Waals surface area contributed by atoms with E-state index in [0.717, 1.165) is 25.2 Å². The van der Waals surface area contributed by atoms with Crippen LogP contribution in [-0.4, -0.2) is 29.8 Å². The second-order valence-electron chi connectivity index (χ2n) is 4.91. The van der Waals surface area contributed by atoms with Crippen LogP contribution >= 0.6 is 0 Å². The molecule has 2 rings (SSSR count). The molecule has 3 nitrogen and oxygen atoms in total. The van der Waals surface area contributed by atoms with E-state index in [-0.39, 0.29) is 0 Å². The van der Waals surface area contributed by atoms with E-state index in [2.05, 4.69) is 16.4 Å². The van der Waals surface area contributed by atoms with E-state index in [0.29, 0.717) is 18.4 Å². The second kappa shape index (κ2) is 6.72. The summed E-state index contributed by atoms with van der Waals surface area (Å²) in [6.45, 7) is 2.37. The van der Waals surface area contributed by atoms with E-state index in [4.69, 9.17) is 0 Å². The Balaban J connectivity index is 1.63. The molecule has 0 radical (unpaired) electrons. The number of aromatic nitrogens is 1. The lowest BCUT2D eigenvalue weighted by Crippen LogP contribution is -2.28.